The summed E-state index contributed by atoms with van der Waals surface area (Å²) in [6.07, 6.45) is 1.78. The Morgan fingerprint density at radius 3 is 1.88 bits per heavy atom. The maximum absolute atomic E-state index is 11.4. The molecule has 4 rings (SSSR count). The zero-order chi connectivity index (χ0) is 23.8. The van der Waals surface area contributed by atoms with E-state index >= 15 is 0 Å². The van der Waals surface area contributed by atoms with E-state index in [2.05, 4.69) is 70.8 Å². The Kier molecular flexibility index (Phi) is 5.84. The minimum atomic E-state index is -0.188. The molecule has 3 nitrogen and oxygen atoms in total. The van der Waals surface area contributed by atoms with Gasteiger partial charge < -0.3 is 5.11 Å². The summed E-state index contributed by atoms with van der Waals surface area (Å²) in [7, 11) is 0. The maximum Gasteiger partial charge on any atom is 0.127 e. The van der Waals surface area contributed by atoms with Crippen LogP contribution in [0, 0.1) is 0 Å². The summed E-state index contributed by atoms with van der Waals surface area (Å²) in [5, 5.41) is 11.4. The number of aromatic hydroxyl groups is 1. The zero-order valence-electron chi connectivity index (χ0n) is 20.3. The molecule has 0 aliphatic rings. The molecule has 4 aromatic rings. The topological polar surface area (TPSA) is 46.0 Å². The lowest BCUT2D eigenvalue weighted by Crippen LogP contribution is -2.17. The first kappa shape index (κ1) is 22.7. The number of aromatic nitrogens is 2. The van der Waals surface area contributed by atoms with Gasteiger partial charge in [0.1, 0.15) is 5.75 Å². The second kappa shape index (κ2) is 8.47. The summed E-state index contributed by atoms with van der Waals surface area (Å²) in [4.78, 5) is 9.38. The van der Waals surface area contributed by atoms with E-state index in [-0.39, 0.29) is 10.8 Å². The maximum atomic E-state index is 11.4. The van der Waals surface area contributed by atoms with Gasteiger partial charge in [0, 0.05) is 22.9 Å². The fourth-order valence-electron chi connectivity index (χ4n) is 4.03. The number of hydrogen-bond acceptors (Lipinski definition) is 3. The van der Waals surface area contributed by atoms with Crippen LogP contribution < -0.4 is 0 Å². The summed E-state index contributed by atoms with van der Waals surface area (Å²) >= 11 is 0. The molecule has 0 saturated heterocycles. The molecule has 0 aliphatic heterocycles. The highest BCUT2D eigenvalue weighted by molar-refractivity contribution is 5.86. The highest BCUT2D eigenvalue weighted by Crippen LogP contribution is 2.44. The predicted octanol–water partition coefficient (Wildman–Crippen LogP) is 7.78. The average Bonchev–Trinajstić information content (AvgIpc) is 2.78. The molecule has 1 N–H and O–H groups in total. The van der Waals surface area contributed by atoms with Crippen molar-refractivity contribution >= 4 is 0 Å². The van der Waals surface area contributed by atoms with Crippen molar-refractivity contribution < 1.29 is 5.11 Å². The number of hydrogen-bond donors (Lipinski definition) is 1. The molecule has 0 spiro atoms. The van der Waals surface area contributed by atoms with E-state index in [1.165, 1.54) is 5.56 Å². The van der Waals surface area contributed by atoms with Gasteiger partial charge >= 0.3 is 0 Å². The summed E-state index contributed by atoms with van der Waals surface area (Å²) in [6, 6.07) is 24.3. The molecule has 2 aromatic carbocycles. The Bertz CT molecular complexity index is 1280. The largest absolute Gasteiger partial charge is 0.507 e. The Hall–Kier alpha value is -3.46. The number of phenols is 1. The highest BCUT2D eigenvalue weighted by Gasteiger charge is 2.26. The van der Waals surface area contributed by atoms with Crippen molar-refractivity contribution in [1.29, 1.82) is 0 Å². The van der Waals surface area contributed by atoms with E-state index in [1.54, 1.807) is 6.20 Å². The standard InChI is InChI=1S/C30H32N2O/c1-29(2,3)20-18-23(28(33)24(19-20)30(4,5)6)21-12-7-8-13-22(21)25-15-11-16-27(32-25)26-14-9-10-17-31-26/h7-19,33H,1-6H3. The molecular formula is C30H32N2O. The fraction of sp³-hybridized carbons (Fsp3) is 0.267. The van der Waals surface area contributed by atoms with Gasteiger partial charge in [-0.2, -0.15) is 0 Å². The van der Waals surface area contributed by atoms with Crippen molar-refractivity contribution in [2.24, 2.45) is 0 Å². The third-order valence-corrected chi connectivity index (χ3v) is 5.95. The van der Waals surface area contributed by atoms with Crippen LogP contribution in [-0.2, 0) is 10.8 Å². The van der Waals surface area contributed by atoms with Gasteiger partial charge in [-0.25, -0.2) is 4.98 Å². The molecule has 0 unspecified atom stereocenters. The van der Waals surface area contributed by atoms with Gasteiger partial charge in [0.2, 0.25) is 0 Å². The molecule has 33 heavy (non-hydrogen) atoms. The van der Waals surface area contributed by atoms with Crippen molar-refractivity contribution in [2.45, 2.75) is 52.4 Å². The van der Waals surface area contributed by atoms with Crippen LogP contribution in [0.1, 0.15) is 52.7 Å². The number of rotatable bonds is 3. The SMILES string of the molecule is CC(C)(C)c1cc(-c2ccccc2-c2cccc(-c3ccccn3)n2)c(O)c(C(C)(C)C)c1. The van der Waals surface area contributed by atoms with Gasteiger partial charge in [-0.15, -0.1) is 0 Å². The fourth-order valence-corrected chi connectivity index (χ4v) is 4.03. The molecule has 0 fully saturated rings. The summed E-state index contributed by atoms with van der Waals surface area (Å²) in [6.45, 7) is 13.0. The van der Waals surface area contributed by atoms with Crippen LogP contribution in [0.25, 0.3) is 33.8 Å². The number of benzene rings is 2. The summed E-state index contributed by atoms with van der Waals surface area (Å²) in [5.74, 6) is 0.337. The van der Waals surface area contributed by atoms with E-state index in [0.29, 0.717) is 5.75 Å². The van der Waals surface area contributed by atoms with Crippen molar-refractivity contribution in [1.82, 2.24) is 9.97 Å². The quantitative estimate of drug-likeness (QED) is 0.357. The van der Waals surface area contributed by atoms with Crippen molar-refractivity contribution in [3.8, 4) is 39.5 Å². The van der Waals surface area contributed by atoms with E-state index in [9.17, 15) is 5.11 Å². The second-order valence-corrected chi connectivity index (χ2v) is 10.6. The van der Waals surface area contributed by atoms with Crippen LogP contribution in [0.15, 0.2) is 79.0 Å². The molecule has 0 aliphatic carbocycles. The lowest BCUT2D eigenvalue weighted by atomic mass is 9.77. The van der Waals surface area contributed by atoms with Gasteiger partial charge in [0.25, 0.3) is 0 Å². The van der Waals surface area contributed by atoms with Crippen LogP contribution in [0.2, 0.25) is 0 Å². The van der Waals surface area contributed by atoms with Crippen LogP contribution in [-0.4, -0.2) is 15.1 Å². The molecule has 0 radical (unpaired) electrons. The van der Waals surface area contributed by atoms with Gasteiger partial charge in [-0.3, -0.25) is 4.98 Å². The van der Waals surface area contributed by atoms with Gasteiger partial charge in [-0.1, -0.05) is 84.0 Å². The lowest BCUT2D eigenvalue weighted by Gasteiger charge is -2.28. The first-order valence-electron chi connectivity index (χ1n) is 11.4. The summed E-state index contributed by atoms with van der Waals surface area (Å²) < 4.78 is 0. The normalized spacial score (nSPS) is 12.1. The first-order valence-corrected chi connectivity index (χ1v) is 11.4. The second-order valence-electron chi connectivity index (χ2n) is 10.6. The van der Waals surface area contributed by atoms with E-state index < -0.39 is 0 Å². The van der Waals surface area contributed by atoms with Crippen molar-refractivity contribution in [3.05, 3.63) is 90.1 Å². The molecule has 0 saturated carbocycles. The number of phenolic OH excluding ortho intramolecular Hbond substituents is 1. The van der Waals surface area contributed by atoms with Gasteiger partial charge in [0.05, 0.1) is 17.1 Å². The zero-order valence-corrected chi connectivity index (χ0v) is 20.3. The molecule has 3 heteroatoms. The molecule has 2 heterocycles. The van der Waals surface area contributed by atoms with Gasteiger partial charge in [-0.05, 0) is 52.3 Å². The average molecular weight is 437 g/mol. The molecule has 0 atom stereocenters. The first-order chi connectivity index (χ1) is 15.6. The molecular weight excluding hydrogens is 404 g/mol. The molecule has 0 amide bonds. The number of nitrogens with zero attached hydrogens (tertiary/aromatic N) is 2. The highest BCUT2D eigenvalue weighted by atomic mass is 16.3. The minimum absolute atomic E-state index is 0.0471. The number of pyridine rings is 2. The Morgan fingerprint density at radius 1 is 0.606 bits per heavy atom. The minimum Gasteiger partial charge on any atom is -0.507 e. The van der Waals surface area contributed by atoms with Crippen molar-refractivity contribution in [2.75, 3.05) is 0 Å². The Morgan fingerprint density at radius 2 is 1.24 bits per heavy atom. The van der Waals surface area contributed by atoms with E-state index in [0.717, 1.165) is 39.3 Å². The smallest absolute Gasteiger partial charge is 0.127 e. The third-order valence-electron chi connectivity index (χ3n) is 5.95. The van der Waals surface area contributed by atoms with E-state index in [4.69, 9.17) is 4.98 Å². The van der Waals surface area contributed by atoms with E-state index in [1.807, 2.05) is 48.5 Å². The Labute approximate surface area is 197 Å². The predicted molar refractivity (Wildman–Crippen MR) is 137 cm³/mol. The van der Waals surface area contributed by atoms with Crippen LogP contribution in [0.3, 0.4) is 0 Å². The molecule has 2 aromatic heterocycles. The summed E-state index contributed by atoms with van der Waals surface area (Å²) in [5.41, 5.74) is 7.23. The van der Waals surface area contributed by atoms with Crippen molar-refractivity contribution in [3.63, 3.8) is 0 Å². The van der Waals surface area contributed by atoms with Crippen LogP contribution >= 0.6 is 0 Å². The Balaban J connectivity index is 1.94. The molecule has 168 valence electrons. The molecule has 0 bridgehead atoms. The monoisotopic (exact) mass is 436 g/mol. The van der Waals surface area contributed by atoms with Crippen LogP contribution in [0.4, 0.5) is 0 Å². The van der Waals surface area contributed by atoms with Crippen LogP contribution in [0.5, 0.6) is 5.75 Å². The van der Waals surface area contributed by atoms with Gasteiger partial charge in [0.15, 0.2) is 0 Å². The lowest BCUT2D eigenvalue weighted by molar-refractivity contribution is 0.446. The third kappa shape index (κ3) is 4.68.